The first-order chi connectivity index (χ1) is 10.3. The molecule has 6 heteroatoms. The maximum Gasteiger partial charge on any atom is 0.242 e. The largest absolute Gasteiger partial charge is 0.339 e. The van der Waals surface area contributed by atoms with Crippen LogP contribution in [0.15, 0.2) is 24.3 Å². The third-order valence-corrected chi connectivity index (χ3v) is 3.65. The summed E-state index contributed by atoms with van der Waals surface area (Å²) < 4.78 is 11.6. The molecular formula is C15H8N4O2. The second kappa shape index (κ2) is 4.10. The zero-order valence-electron chi connectivity index (χ0n) is 10.8. The zero-order chi connectivity index (χ0) is 14.4. The minimum atomic E-state index is -1.10. The molecule has 1 aliphatic heterocycles. The minimum absolute atomic E-state index is 0.0115. The molecule has 2 aromatic rings. The summed E-state index contributed by atoms with van der Waals surface area (Å²) in [5.74, 6) is -1.10. The molecule has 0 atom stereocenters. The summed E-state index contributed by atoms with van der Waals surface area (Å²) in [4.78, 5) is 8.59. The Morgan fingerprint density at radius 3 is 2.38 bits per heavy atom. The van der Waals surface area contributed by atoms with Gasteiger partial charge in [-0.1, -0.05) is 24.3 Å². The SMILES string of the molecule is N#Cc1nc2c(nc1C#N)C1(OCCO1)c1ccccc1-2. The van der Waals surface area contributed by atoms with Crippen LogP contribution in [-0.2, 0) is 15.3 Å². The molecule has 6 nitrogen and oxygen atoms in total. The standard InChI is InChI=1S/C15H8N4O2/c16-7-11-12(8-17)19-14-13(18-11)9-3-1-2-4-10(9)15(14)20-5-6-21-15/h1-4H,5-6H2. The molecular weight excluding hydrogens is 268 g/mol. The molecule has 2 aliphatic rings. The van der Waals surface area contributed by atoms with Crippen LogP contribution in [0.5, 0.6) is 0 Å². The van der Waals surface area contributed by atoms with E-state index in [-0.39, 0.29) is 11.4 Å². The van der Waals surface area contributed by atoms with Crippen molar-refractivity contribution in [3.05, 3.63) is 46.9 Å². The molecule has 0 bridgehead atoms. The summed E-state index contributed by atoms with van der Waals surface area (Å²) in [5, 5.41) is 18.3. The Hall–Kier alpha value is -2.80. The predicted molar refractivity (Wildman–Crippen MR) is 69.6 cm³/mol. The number of benzene rings is 1. The highest BCUT2D eigenvalue weighted by atomic mass is 16.7. The second-order valence-electron chi connectivity index (χ2n) is 4.70. The van der Waals surface area contributed by atoms with E-state index in [2.05, 4.69) is 9.97 Å². The van der Waals surface area contributed by atoms with E-state index >= 15 is 0 Å². The first-order valence-electron chi connectivity index (χ1n) is 6.40. The van der Waals surface area contributed by atoms with E-state index in [1.807, 2.05) is 36.4 Å². The molecule has 0 amide bonds. The van der Waals surface area contributed by atoms with Gasteiger partial charge in [0.25, 0.3) is 0 Å². The highest BCUT2D eigenvalue weighted by Gasteiger charge is 2.51. The molecule has 1 fully saturated rings. The lowest BCUT2D eigenvalue weighted by Gasteiger charge is -2.23. The number of hydrogen-bond donors (Lipinski definition) is 0. The maximum atomic E-state index is 9.14. The van der Waals surface area contributed by atoms with Crippen molar-refractivity contribution in [3.63, 3.8) is 0 Å². The molecule has 100 valence electrons. The van der Waals surface area contributed by atoms with E-state index in [1.165, 1.54) is 0 Å². The van der Waals surface area contributed by atoms with Gasteiger partial charge in [-0.15, -0.1) is 0 Å². The van der Waals surface area contributed by atoms with Crippen LogP contribution >= 0.6 is 0 Å². The Balaban J connectivity index is 2.09. The summed E-state index contributed by atoms with van der Waals surface area (Å²) in [5.41, 5.74) is 2.64. The van der Waals surface area contributed by atoms with Gasteiger partial charge in [-0.05, 0) is 0 Å². The average molecular weight is 276 g/mol. The Kier molecular flexibility index (Phi) is 2.34. The zero-order valence-corrected chi connectivity index (χ0v) is 10.8. The van der Waals surface area contributed by atoms with E-state index in [9.17, 15) is 0 Å². The van der Waals surface area contributed by atoms with Gasteiger partial charge in [-0.25, -0.2) is 9.97 Å². The molecule has 1 saturated heterocycles. The number of aromatic nitrogens is 2. The Morgan fingerprint density at radius 1 is 1.00 bits per heavy atom. The van der Waals surface area contributed by atoms with Crippen molar-refractivity contribution >= 4 is 0 Å². The second-order valence-corrected chi connectivity index (χ2v) is 4.70. The quantitative estimate of drug-likeness (QED) is 0.723. The fraction of sp³-hybridized carbons (Fsp3) is 0.200. The Labute approximate surface area is 120 Å². The number of hydrogen-bond acceptors (Lipinski definition) is 6. The van der Waals surface area contributed by atoms with Gasteiger partial charge in [0.05, 0.1) is 18.9 Å². The molecule has 0 saturated carbocycles. The summed E-state index contributed by atoms with van der Waals surface area (Å²) in [7, 11) is 0. The molecule has 1 aromatic carbocycles. The molecule has 1 aromatic heterocycles. The van der Waals surface area contributed by atoms with Crippen molar-refractivity contribution < 1.29 is 9.47 Å². The lowest BCUT2D eigenvalue weighted by Crippen LogP contribution is -2.27. The van der Waals surface area contributed by atoms with Crippen LogP contribution in [0.1, 0.15) is 22.6 Å². The van der Waals surface area contributed by atoms with Gasteiger partial charge in [0.2, 0.25) is 5.79 Å². The van der Waals surface area contributed by atoms with Gasteiger partial charge in [0, 0.05) is 11.1 Å². The Morgan fingerprint density at radius 2 is 1.67 bits per heavy atom. The predicted octanol–water partition coefficient (Wildman–Crippen LogP) is 1.45. The van der Waals surface area contributed by atoms with Crippen LogP contribution in [0.4, 0.5) is 0 Å². The van der Waals surface area contributed by atoms with Crippen LogP contribution in [0.3, 0.4) is 0 Å². The van der Waals surface area contributed by atoms with Crippen LogP contribution in [0.25, 0.3) is 11.3 Å². The summed E-state index contributed by atoms with van der Waals surface area (Å²) in [6.07, 6.45) is 0. The van der Waals surface area contributed by atoms with Crippen molar-refractivity contribution in [2.75, 3.05) is 13.2 Å². The third kappa shape index (κ3) is 1.40. The molecule has 21 heavy (non-hydrogen) atoms. The minimum Gasteiger partial charge on any atom is -0.339 e. The van der Waals surface area contributed by atoms with E-state index in [0.29, 0.717) is 24.6 Å². The molecule has 2 heterocycles. The van der Waals surface area contributed by atoms with E-state index < -0.39 is 5.79 Å². The summed E-state index contributed by atoms with van der Waals surface area (Å²) >= 11 is 0. The van der Waals surface area contributed by atoms with E-state index in [0.717, 1.165) is 11.1 Å². The topological polar surface area (TPSA) is 91.8 Å². The van der Waals surface area contributed by atoms with Gasteiger partial charge in [-0.2, -0.15) is 10.5 Å². The van der Waals surface area contributed by atoms with Crippen LogP contribution < -0.4 is 0 Å². The first-order valence-corrected chi connectivity index (χ1v) is 6.40. The normalized spacial score (nSPS) is 17.0. The highest BCUT2D eigenvalue weighted by Crippen LogP contribution is 2.50. The van der Waals surface area contributed by atoms with Crippen molar-refractivity contribution in [3.8, 4) is 23.4 Å². The van der Waals surface area contributed by atoms with Crippen LogP contribution in [0, 0.1) is 22.7 Å². The van der Waals surface area contributed by atoms with Gasteiger partial charge in [-0.3, -0.25) is 0 Å². The lowest BCUT2D eigenvalue weighted by atomic mass is 10.1. The number of fused-ring (bicyclic) bond motifs is 5. The average Bonchev–Trinajstić information content (AvgIpc) is 3.13. The number of rotatable bonds is 0. The number of ether oxygens (including phenoxy) is 2. The molecule has 0 unspecified atom stereocenters. The molecule has 0 N–H and O–H groups in total. The van der Waals surface area contributed by atoms with E-state index in [4.69, 9.17) is 20.0 Å². The van der Waals surface area contributed by atoms with Crippen molar-refractivity contribution in [2.24, 2.45) is 0 Å². The molecule has 1 aliphatic carbocycles. The lowest BCUT2D eigenvalue weighted by molar-refractivity contribution is -0.129. The van der Waals surface area contributed by atoms with Crippen molar-refractivity contribution in [1.29, 1.82) is 10.5 Å². The summed E-state index contributed by atoms with van der Waals surface area (Å²) in [6.45, 7) is 0.884. The van der Waals surface area contributed by atoms with E-state index in [1.54, 1.807) is 0 Å². The van der Waals surface area contributed by atoms with Gasteiger partial charge < -0.3 is 9.47 Å². The molecule has 1 spiro atoms. The number of nitrogens with zero attached hydrogens (tertiary/aromatic N) is 4. The van der Waals surface area contributed by atoms with Gasteiger partial charge >= 0.3 is 0 Å². The van der Waals surface area contributed by atoms with Crippen molar-refractivity contribution in [2.45, 2.75) is 5.79 Å². The number of nitriles is 2. The fourth-order valence-corrected chi connectivity index (χ4v) is 2.82. The maximum absolute atomic E-state index is 9.14. The molecule has 4 rings (SSSR count). The molecule has 0 radical (unpaired) electrons. The summed E-state index contributed by atoms with van der Waals surface area (Å²) in [6, 6.07) is 11.3. The third-order valence-electron chi connectivity index (χ3n) is 3.65. The van der Waals surface area contributed by atoms with Gasteiger partial charge in [0.1, 0.15) is 17.8 Å². The fourth-order valence-electron chi connectivity index (χ4n) is 2.82. The van der Waals surface area contributed by atoms with Gasteiger partial charge in [0.15, 0.2) is 11.4 Å². The van der Waals surface area contributed by atoms with Crippen LogP contribution in [0.2, 0.25) is 0 Å². The smallest absolute Gasteiger partial charge is 0.242 e. The monoisotopic (exact) mass is 276 g/mol. The highest BCUT2D eigenvalue weighted by molar-refractivity contribution is 5.75. The van der Waals surface area contributed by atoms with Crippen LogP contribution in [-0.4, -0.2) is 23.2 Å². The first kappa shape index (κ1) is 12.0. The van der Waals surface area contributed by atoms with Crippen molar-refractivity contribution in [1.82, 2.24) is 9.97 Å². The Bertz CT molecular complexity index is 842.